The number of ether oxygens (including phenoxy) is 3. The maximum absolute atomic E-state index is 12.4. The van der Waals surface area contributed by atoms with E-state index in [0.717, 1.165) is 6.42 Å². The Hall–Kier alpha value is -3.18. The summed E-state index contributed by atoms with van der Waals surface area (Å²) in [4.78, 5) is 36.2. The van der Waals surface area contributed by atoms with Gasteiger partial charge in [0.1, 0.15) is 11.5 Å². The van der Waals surface area contributed by atoms with Gasteiger partial charge in [0.05, 0.1) is 23.2 Å². The minimum absolute atomic E-state index is 0.0884. The summed E-state index contributed by atoms with van der Waals surface area (Å²) in [6, 6.07) is 11.1. The Bertz CT molecular complexity index is 1050. The Labute approximate surface area is 218 Å². The van der Waals surface area contributed by atoms with Crippen LogP contribution in [0.25, 0.3) is 0 Å². The predicted octanol–water partition coefficient (Wildman–Crippen LogP) is 3.77. The Morgan fingerprint density at radius 2 is 1.69 bits per heavy atom. The van der Waals surface area contributed by atoms with Crippen molar-refractivity contribution in [1.29, 1.82) is 0 Å². The summed E-state index contributed by atoms with van der Waals surface area (Å²) >= 11 is 8.44. The maximum Gasteiger partial charge on any atom is 0.338 e. The van der Waals surface area contributed by atoms with E-state index in [1.54, 1.807) is 42.5 Å². The van der Waals surface area contributed by atoms with Crippen LogP contribution in [0.15, 0.2) is 46.9 Å². The van der Waals surface area contributed by atoms with Crippen molar-refractivity contribution in [2.24, 2.45) is 5.92 Å². The van der Waals surface area contributed by atoms with Crippen LogP contribution in [-0.4, -0.2) is 42.7 Å². The Balaban J connectivity index is 1.75. The quantitative estimate of drug-likeness (QED) is 0.226. The molecular weight excluding hydrogens is 538 g/mol. The lowest BCUT2D eigenvalue weighted by Crippen LogP contribution is -2.49. The number of amides is 2. The number of thiocarbonyl (C=S) groups is 1. The normalized spacial score (nSPS) is 10.3. The second-order valence-electron chi connectivity index (χ2n) is 7.76. The average Bonchev–Trinajstić information content (AvgIpc) is 2.84. The number of hydrogen-bond donors (Lipinski definition) is 3. The first-order valence-electron chi connectivity index (χ1n) is 10.9. The van der Waals surface area contributed by atoms with Crippen LogP contribution < -0.4 is 25.6 Å². The molecule has 2 amide bonds. The fourth-order valence-corrected chi connectivity index (χ4v) is 3.14. The zero-order valence-corrected chi connectivity index (χ0v) is 22.1. The molecule has 0 fully saturated rings. The van der Waals surface area contributed by atoms with Gasteiger partial charge >= 0.3 is 5.97 Å². The van der Waals surface area contributed by atoms with Crippen molar-refractivity contribution in [1.82, 2.24) is 16.2 Å². The van der Waals surface area contributed by atoms with Gasteiger partial charge in [-0.25, -0.2) is 4.79 Å². The number of carbonyl (C=O) groups is 3. The molecule has 188 valence electrons. The summed E-state index contributed by atoms with van der Waals surface area (Å²) in [5.74, 6) is 0.00193. The molecule has 0 bridgehead atoms. The van der Waals surface area contributed by atoms with Crippen LogP contribution in [0.2, 0.25) is 0 Å². The zero-order valence-electron chi connectivity index (χ0n) is 19.7. The molecule has 9 nitrogen and oxygen atoms in total. The molecule has 0 aliphatic carbocycles. The lowest BCUT2D eigenvalue weighted by atomic mass is 10.2. The highest BCUT2D eigenvalue weighted by Crippen LogP contribution is 2.26. The second-order valence-corrected chi connectivity index (χ2v) is 9.02. The van der Waals surface area contributed by atoms with Crippen LogP contribution in [0.1, 0.15) is 47.9 Å². The molecule has 2 aromatic rings. The average molecular weight is 566 g/mol. The SMILES string of the molecule is CCCOC(=O)c1ccc(OCC(=O)NNC(=S)NC(=O)c2ccc(OCC(C)C)c(Br)c2)cc1. The molecule has 0 spiro atoms. The molecule has 35 heavy (non-hydrogen) atoms. The largest absolute Gasteiger partial charge is 0.492 e. The van der Waals surface area contributed by atoms with Crippen LogP contribution in [-0.2, 0) is 9.53 Å². The van der Waals surface area contributed by atoms with E-state index >= 15 is 0 Å². The van der Waals surface area contributed by atoms with E-state index in [0.29, 0.717) is 46.2 Å². The van der Waals surface area contributed by atoms with Gasteiger partial charge in [-0.3, -0.25) is 25.8 Å². The summed E-state index contributed by atoms with van der Waals surface area (Å²) in [5.41, 5.74) is 5.53. The number of benzene rings is 2. The molecule has 0 atom stereocenters. The minimum Gasteiger partial charge on any atom is -0.492 e. The van der Waals surface area contributed by atoms with Gasteiger partial charge in [-0.1, -0.05) is 20.8 Å². The van der Waals surface area contributed by atoms with Crippen LogP contribution in [0.4, 0.5) is 0 Å². The third kappa shape index (κ3) is 9.91. The molecule has 0 aliphatic rings. The van der Waals surface area contributed by atoms with E-state index in [2.05, 4.69) is 32.1 Å². The first kappa shape index (κ1) is 28.1. The second kappa shape index (κ2) is 14.3. The van der Waals surface area contributed by atoms with Crippen molar-refractivity contribution in [3.8, 4) is 11.5 Å². The molecular formula is C24H28BrN3O6S. The van der Waals surface area contributed by atoms with Crippen molar-refractivity contribution >= 4 is 51.0 Å². The fourth-order valence-electron chi connectivity index (χ4n) is 2.50. The molecule has 3 N–H and O–H groups in total. The van der Waals surface area contributed by atoms with E-state index in [-0.39, 0.29) is 11.7 Å². The number of rotatable bonds is 10. The number of esters is 1. The summed E-state index contributed by atoms with van der Waals surface area (Å²) in [5, 5.41) is 2.39. The van der Waals surface area contributed by atoms with Crippen molar-refractivity contribution < 1.29 is 28.6 Å². The van der Waals surface area contributed by atoms with Gasteiger partial charge in [0, 0.05) is 5.56 Å². The molecule has 0 unspecified atom stereocenters. The number of hydrazine groups is 1. The summed E-state index contributed by atoms with van der Waals surface area (Å²) in [6.45, 7) is 6.59. The van der Waals surface area contributed by atoms with E-state index in [1.165, 1.54) is 0 Å². The highest BCUT2D eigenvalue weighted by Gasteiger charge is 2.12. The fraction of sp³-hybridized carbons (Fsp3) is 0.333. The molecule has 0 saturated carbocycles. The minimum atomic E-state index is -0.526. The number of carbonyl (C=O) groups excluding carboxylic acids is 3. The molecule has 0 aromatic heterocycles. The van der Waals surface area contributed by atoms with E-state index in [1.807, 2.05) is 20.8 Å². The first-order chi connectivity index (χ1) is 16.7. The Kier molecular flexibility index (Phi) is 11.4. The maximum atomic E-state index is 12.4. The highest BCUT2D eigenvalue weighted by atomic mass is 79.9. The summed E-state index contributed by atoms with van der Waals surface area (Å²) in [7, 11) is 0. The molecule has 0 saturated heterocycles. The van der Waals surface area contributed by atoms with Crippen molar-refractivity contribution in [2.75, 3.05) is 19.8 Å². The van der Waals surface area contributed by atoms with Gasteiger partial charge in [0.2, 0.25) is 0 Å². The van der Waals surface area contributed by atoms with Crippen LogP contribution >= 0.6 is 28.1 Å². The van der Waals surface area contributed by atoms with Gasteiger partial charge in [-0.2, -0.15) is 0 Å². The van der Waals surface area contributed by atoms with E-state index < -0.39 is 17.8 Å². The summed E-state index contributed by atoms with van der Waals surface area (Å²) in [6.07, 6.45) is 0.738. The molecule has 0 aliphatic heterocycles. The van der Waals surface area contributed by atoms with E-state index in [9.17, 15) is 14.4 Å². The van der Waals surface area contributed by atoms with Crippen LogP contribution in [0, 0.1) is 5.92 Å². The monoisotopic (exact) mass is 565 g/mol. The third-order valence-electron chi connectivity index (χ3n) is 4.21. The van der Waals surface area contributed by atoms with Gasteiger partial charge in [0.15, 0.2) is 11.7 Å². The third-order valence-corrected chi connectivity index (χ3v) is 5.03. The number of nitrogens with one attached hydrogen (secondary N) is 3. The molecule has 0 heterocycles. The lowest BCUT2D eigenvalue weighted by molar-refractivity contribution is -0.123. The predicted molar refractivity (Wildman–Crippen MR) is 138 cm³/mol. The lowest BCUT2D eigenvalue weighted by Gasteiger charge is -2.13. The molecule has 2 aromatic carbocycles. The molecule has 2 rings (SSSR count). The topological polar surface area (TPSA) is 115 Å². The first-order valence-corrected chi connectivity index (χ1v) is 12.1. The van der Waals surface area contributed by atoms with Gasteiger partial charge in [-0.05, 0) is 83.0 Å². The Morgan fingerprint density at radius 1 is 1.00 bits per heavy atom. The van der Waals surface area contributed by atoms with Crippen LogP contribution in [0.5, 0.6) is 11.5 Å². The summed E-state index contributed by atoms with van der Waals surface area (Å²) < 4.78 is 16.7. The standard InChI is InChI=1S/C24H28BrN3O6S/c1-4-11-32-23(31)16-5-8-18(9-6-16)33-14-21(29)27-28-24(35)26-22(30)17-7-10-20(19(25)12-17)34-13-15(2)3/h5-10,12,15H,4,11,13-14H2,1-3H3,(H,27,29)(H2,26,28,30,35). The van der Waals surface area contributed by atoms with Crippen LogP contribution in [0.3, 0.4) is 0 Å². The number of halogens is 1. The zero-order chi connectivity index (χ0) is 25.8. The highest BCUT2D eigenvalue weighted by molar-refractivity contribution is 9.10. The van der Waals surface area contributed by atoms with Gasteiger partial charge in [0.25, 0.3) is 11.8 Å². The van der Waals surface area contributed by atoms with E-state index in [4.69, 9.17) is 26.4 Å². The Morgan fingerprint density at radius 3 is 2.31 bits per heavy atom. The number of hydrogen-bond acceptors (Lipinski definition) is 7. The van der Waals surface area contributed by atoms with Crippen molar-refractivity contribution in [3.63, 3.8) is 0 Å². The van der Waals surface area contributed by atoms with Gasteiger partial charge in [-0.15, -0.1) is 0 Å². The van der Waals surface area contributed by atoms with Crippen molar-refractivity contribution in [3.05, 3.63) is 58.1 Å². The smallest absolute Gasteiger partial charge is 0.338 e. The van der Waals surface area contributed by atoms with Gasteiger partial charge < -0.3 is 14.2 Å². The molecule has 0 radical (unpaired) electrons. The van der Waals surface area contributed by atoms with Crippen molar-refractivity contribution in [2.45, 2.75) is 27.2 Å². The molecule has 11 heteroatoms.